The second-order valence-corrected chi connectivity index (χ2v) is 6.51. The number of nitrogens with one attached hydrogen (secondary N) is 2. The summed E-state index contributed by atoms with van der Waals surface area (Å²) in [7, 11) is 1.72. The van der Waals surface area contributed by atoms with Crippen LogP contribution < -0.4 is 10.6 Å². The molecule has 2 rings (SSSR count). The highest BCUT2D eigenvalue weighted by atomic mass is 127. The largest absolute Gasteiger partial charge is 0.380 e. The SMILES string of the molecule is CCNC(=NCc1ccc(COC)cc1)NCC1(CC)CCC1.I. The summed E-state index contributed by atoms with van der Waals surface area (Å²) in [6.45, 7) is 7.68. The minimum Gasteiger partial charge on any atom is -0.380 e. The van der Waals surface area contributed by atoms with Crippen molar-refractivity contribution in [2.24, 2.45) is 10.4 Å². The molecule has 1 aliphatic rings. The standard InChI is InChI=1S/C19H31N3O.HI/c1-4-19(11-6-12-19)15-22-18(20-5-2)21-13-16-7-9-17(10-8-16)14-23-3;/h7-10H,4-6,11-15H2,1-3H3,(H2,20,21,22);1H. The lowest BCUT2D eigenvalue weighted by Gasteiger charge is -2.41. The Kier molecular flexibility index (Phi) is 9.66. The highest BCUT2D eigenvalue weighted by molar-refractivity contribution is 14.0. The number of methoxy groups -OCH3 is 1. The third-order valence-corrected chi connectivity index (χ3v) is 4.89. The van der Waals surface area contributed by atoms with Crippen molar-refractivity contribution in [3.8, 4) is 0 Å². The Balaban J connectivity index is 0.00000288. The molecule has 1 aromatic carbocycles. The van der Waals surface area contributed by atoms with Gasteiger partial charge in [0.05, 0.1) is 13.2 Å². The van der Waals surface area contributed by atoms with E-state index < -0.39 is 0 Å². The van der Waals surface area contributed by atoms with Gasteiger partial charge >= 0.3 is 0 Å². The molecule has 1 fully saturated rings. The molecule has 1 aliphatic carbocycles. The normalized spacial score (nSPS) is 16.0. The number of ether oxygens (including phenoxy) is 1. The van der Waals surface area contributed by atoms with Gasteiger partial charge in [-0.2, -0.15) is 0 Å². The van der Waals surface area contributed by atoms with Crippen LogP contribution in [0.5, 0.6) is 0 Å². The fourth-order valence-corrected chi connectivity index (χ4v) is 3.02. The number of benzene rings is 1. The van der Waals surface area contributed by atoms with Crippen molar-refractivity contribution in [3.63, 3.8) is 0 Å². The first-order valence-corrected chi connectivity index (χ1v) is 8.80. The second kappa shape index (κ2) is 10.9. The molecule has 2 N–H and O–H groups in total. The van der Waals surface area contributed by atoms with E-state index in [1.165, 1.54) is 36.8 Å². The van der Waals surface area contributed by atoms with Crippen molar-refractivity contribution in [1.82, 2.24) is 10.6 Å². The fraction of sp³-hybridized carbons (Fsp3) is 0.632. The molecular formula is C19H32IN3O. The van der Waals surface area contributed by atoms with Crippen LogP contribution in [0.3, 0.4) is 0 Å². The molecular weight excluding hydrogens is 413 g/mol. The van der Waals surface area contributed by atoms with E-state index in [1.54, 1.807) is 7.11 Å². The van der Waals surface area contributed by atoms with Gasteiger partial charge in [0.1, 0.15) is 0 Å². The summed E-state index contributed by atoms with van der Waals surface area (Å²) in [4.78, 5) is 4.72. The van der Waals surface area contributed by atoms with Gasteiger partial charge in [-0.3, -0.25) is 0 Å². The zero-order chi connectivity index (χ0) is 16.5. The van der Waals surface area contributed by atoms with E-state index in [9.17, 15) is 0 Å². The molecule has 0 saturated heterocycles. The van der Waals surface area contributed by atoms with E-state index in [0.717, 1.165) is 19.0 Å². The maximum Gasteiger partial charge on any atom is 0.191 e. The fourth-order valence-electron chi connectivity index (χ4n) is 3.02. The van der Waals surface area contributed by atoms with Crippen molar-refractivity contribution in [2.75, 3.05) is 20.2 Å². The predicted octanol–water partition coefficient (Wildman–Crippen LogP) is 4.09. The molecule has 0 radical (unpaired) electrons. The van der Waals surface area contributed by atoms with Crippen LogP contribution in [0.25, 0.3) is 0 Å². The van der Waals surface area contributed by atoms with E-state index in [-0.39, 0.29) is 24.0 Å². The lowest BCUT2D eigenvalue weighted by molar-refractivity contribution is 0.131. The number of hydrogen-bond acceptors (Lipinski definition) is 2. The molecule has 1 aromatic rings. The molecule has 0 heterocycles. The highest BCUT2D eigenvalue weighted by Gasteiger charge is 2.34. The van der Waals surface area contributed by atoms with Gasteiger partial charge in [0.15, 0.2) is 5.96 Å². The van der Waals surface area contributed by atoms with Crippen LogP contribution >= 0.6 is 24.0 Å². The van der Waals surface area contributed by atoms with Crippen LogP contribution in [-0.2, 0) is 17.9 Å². The number of aliphatic imine (C=N–C) groups is 1. The summed E-state index contributed by atoms with van der Waals surface area (Å²) in [5.41, 5.74) is 2.91. The zero-order valence-corrected chi connectivity index (χ0v) is 17.6. The molecule has 0 unspecified atom stereocenters. The van der Waals surface area contributed by atoms with Crippen LogP contribution in [0, 0.1) is 5.41 Å². The number of rotatable bonds is 8. The Hall–Kier alpha value is -0.820. The topological polar surface area (TPSA) is 45.7 Å². The molecule has 0 spiro atoms. The Bertz CT molecular complexity index is 492. The summed E-state index contributed by atoms with van der Waals surface area (Å²) >= 11 is 0. The first kappa shape index (κ1) is 21.2. The average Bonchev–Trinajstić information content (AvgIpc) is 2.53. The first-order chi connectivity index (χ1) is 11.2. The summed E-state index contributed by atoms with van der Waals surface area (Å²) in [6.07, 6.45) is 5.31. The smallest absolute Gasteiger partial charge is 0.191 e. The molecule has 0 bridgehead atoms. The minimum absolute atomic E-state index is 0. The molecule has 5 heteroatoms. The van der Waals surface area contributed by atoms with E-state index in [1.807, 2.05) is 0 Å². The second-order valence-electron chi connectivity index (χ2n) is 6.51. The average molecular weight is 445 g/mol. The minimum atomic E-state index is 0. The maximum atomic E-state index is 5.14. The molecule has 136 valence electrons. The van der Waals surface area contributed by atoms with Crippen molar-refractivity contribution >= 4 is 29.9 Å². The van der Waals surface area contributed by atoms with Crippen LogP contribution in [0.15, 0.2) is 29.3 Å². The lowest BCUT2D eigenvalue weighted by atomic mass is 9.67. The number of hydrogen-bond donors (Lipinski definition) is 2. The summed E-state index contributed by atoms with van der Waals surface area (Å²) in [5.74, 6) is 0.924. The number of halogens is 1. The van der Waals surface area contributed by atoms with Crippen molar-refractivity contribution in [2.45, 2.75) is 52.7 Å². The molecule has 0 amide bonds. The third kappa shape index (κ3) is 6.24. The Morgan fingerprint density at radius 3 is 2.29 bits per heavy atom. The zero-order valence-electron chi connectivity index (χ0n) is 15.2. The summed E-state index contributed by atoms with van der Waals surface area (Å²) in [6, 6.07) is 8.46. The van der Waals surface area contributed by atoms with Gasteiger partial charge in [0, 0.05) is 20.2 Å². The van der Waals surface area contributed by atoms with Gasteiger partial charge in [-0.05, 0) is 42.7 Å². The van der Waals surface area contributed by atoms with Crippen LogP contribution in [0.4, 0.5) is 0 Å². The quantitative estimate of drug-likeness (QED) is 0.360. The van der Waals surface area contributed by atoms with Gasteiger partial charge in [0.2, 0.25) is 0 Å². The highest BCUT2D eigenvalue weighted by Crippen LogP contribution is 2.42. The number of guanidine groups is 1. The predicted molar refractivity (Wildman–Crippen MR) is 112 cm³/mol. The molecule has 0 atom stereocenters. The van der Waals surface area contributed by atoms with E-state index >= 15 is 0 Å². The molecule has 24 heavy (non-hydrogen) atoms. The Morgan fingerprint density at radius 2 is 1.79 bits per heavy atom. The van der Waals surface area contributed by atoms with Gasteiger partial charge in [-0.25, -0.2) is 4.99 Å². The summed E-state index contributed by atoms with van der Waals surface area (Å²) in [5, 5.41) is 6.88. The lowest BCUT2D eigenvalue weighted by Crippen LogP contribution is -2.46. The Labute approximate surface area is 163 Å². The van der Waals surface area contributed by atoms with Gasteiger partial charge in [-0.15, -0.1) is 24.0 Å². The maximum absolute atomic E-state index is 5.14. The van der Waals surface area contributed by atoms with Crippen molar-refractivity contribution in [1.29, 1.82) is 0 Å². The molecule has 0 aromatic heterocycles. The van der Waals surface area contributed by atoms with E-state index in [0.29, 0.717) is 18.6 Å². The van der Waals surface area contributed by atoms with E-state index in [4.69, 9.17) is 9.73 Å². The van der Waals surface area contributed by atoms with Gasteiger partial charge in [0.25, 0.3) is 0 Å². The Morgan fingerprint density at radius 1 is 1.12 bits per heavy atom. The van der Waals surface area contributed by atoms with Crippen LogP contribution in [-0.4, -0.2) is 26.2 Å². The van der Waals surface area contributed by atoms with Crippen molar-refractivity contribution < 1.29 is 4.74 Å². The monoisotopic (exact) mass is 445 g/mol. The van der Waals surface area contributed by atoms with Crippen LogP contribution in [0.2, 0.25) is 0 Å². The van der Waals surface area contributed by atoms with Gasteiger partial charge in [-0.1, -0.05) is 37.6 Å². The first-order valence-electron chi connectivity index (χ1n) is 8.80. The van der Waals surface area contributed by atoms with Crippen LogP contribution in [0.1, 0.15) is 50.7 Å². The molecule has 1 saturated carbocycles. The van der Waals surface area contributed by atoms with E-state index in [2.05, 4.69) is 48.7 Å². The molecule has 0 aliphatic heterocycles. The number of nitrogens with zero attached hydrogens (tertiary/aromatic N) is 1. The van der Waals surface area contributed by atoms with Crippen molar-refractivity contribution in [3.05, 3.63) is 35.4 Å². The third-order valence-electron chi connectivity index (χ3n) is 4.89. The van der Waals surface area contributed by atoms with Gasteiger partial charge < -0.3 is 15.4 Å². The molecule has 4 nitrogen and oxygen atoms in total. The summed E-state index contributed by atoms with van der Waals surface area (Å²) < 4.78 is 5.14.